The zero-order valence-electron chi connectivity index (χ0n) is 12.9. The molecule has 0 N–H and O–H groups in total. The van der Waals surface area contributed by atoms with Crippen LogP contribution in [0.2, 0.25) is 0 Å². The number of thioether (sulfide) groups is 1. The van der Waals surface area contributed by atoms with Crippen molar-refractivity contribution < 1.29 is 4.79 Å². The summed E-state index contributed by atoms with van der Waals surface area (Å²) in [7, 11) is 0. The Bertz CT molecular complexity index is 772. The Labute approximate surface area is 140 Å². The van der Waals surface area contributed by atoms with Gasteiger partial charge >= 0.3 is 0 Å². The summed E-state index contributed by atoms with van der Waals surface area (Å²) in [5.41, 5.74) is 4.95. The van der Waals surface area contributed by atoms with Gasteiger partial charge in [-0.15, -0.1) is 0 Å². The molecule has 0 bridgehead atoms. The van der Waals surface area contributed by atoms with Crippen molar-refractivity contribution in [3.8, 4) is 6.07 Å². The highest BCUT2D eigenvalue weighted by Gasteiger charge is 2.41. The third kappa shape index (κ3) is 2.53. The van der Waals surface area contributed by atoms with E-state index in [0.29, 0.717) is 12.0 Å². The minimum absolute atomic E-state index is 0.0731. The highest BCUT2D eigenvalue weighted by Crippen LogP contribution is 2.46. The molecule has 2 heterocycles. The van der Waals surface area contributed by atoms with Crippen LogP contribution in [0.15, 0.2) is 40.5 Å². The van der Waals surface area contributed by atoms with E-state index in [1.807, 2.05) is 30.0 Å². The maximum atomic E-state index is 12.6. The van der Waals surface area contributed by atoms with Gasteiger partial charge in [-0.3, -0.25) is 9.79 Å². The van der Waals surface area contributed by atoms with Gasteiger partial charge in [-0.2, -0.15) is 17.0 Å². The van der Waals surface area contributed by atoms with Crippen molar-refractivity contribution in [1.29, 1.82) is 5.26 Å². The summed E-state index contributed by atoms with van der Waals surface area (Å²) in [4.78, 5) is 17.5. The van der Waals surface area contributed by atoms with Gasteiger partial charge in [0.05, 0.1) is 16.9 Å². The van der Waals surface area contributed by atoms with Crippen LogP contribution >= 0.6 is 11.8 Å². The van der Waals surface area contributed by atoms with Crippen LogP contribution in [-0.4, -0.2) is 22.5 Å². The third-order valence-electron chi connectivity index (χ3n) is 4.90. The summed E-state index contributed by atoms with van der Waals surface area (Å²) in [6.07, 6.45) is 4.67. The summed E-state index contributed by atoms with van der Waals surface area (Å²) in [6.45, 7) is 0. The van der Waals surface area contributed by atoms with E-state index in [4.69, 9.17) is 4.99 Å². The Kier molecular flexibility index (Phi) is 3.82. The fourth-order valence-corrected chi connectivity index (χ4v) is 5.31. The van der Waals surface area contributed by atoms with Crippen molar-refractivity contribution in [2.45, 2.75) is 43.3 Å². The number of carbonyl (C=O) groups excluding carboxylic acids is 1. The number of ketones is 1. The fourth-order valence-electron chi connectivity index (χ4n) is 3.89. The molecule has 2 unspecified atom stereocenters. The third-order valence-corrected chi connectivity index (χ3v) is 6.33. The van der Waals surface area contributed by atoms with Crippen LogP contribution in [0.4, 0.5) is 0 Å². The van der Waals surface area contributed by atoms with E-state index >= 15 is 0 Å². The number of nitriles is 1. The molecule has 3 aliphatic rings. The van der Waals surface area contributed by atoms with Crippen LogP contribution in [0.5, 0.6) is 0 Å². The van der Waals surface area contributed by atoms with E-state index in [2.05, 4.69) is 12.1 Å². The molecule has 2 aliphatic heterocycles. The Balaban J connectivity index is 1.87. The molecule has 1 aliphatic carbocycles. The largest absolute Gasteiger partial charge is 0.294 e. The lowest BCUT2D eigenvalue weighted by Crippen LogP contribution is -2.36. The molecule has 0 amide bonds. The molecule has 4 rings (SSSR count). The molecule has 3 nitrogen and oxygen atoms in total. The average molecular weight is 322 g/mol. The molecule has 0 spiro atoms. The normalized spacial score (nSPS) is 26.9. The molecule has 1 aromatic carbocycles. The number of Topliss-reactive ketones (excluding diaryl/α,β-unsaturated/α-hetero) is 1. The molecule has 23 heavy (non-hydrogen) atoms. The van der Waals surface area contributed by atoms with Gasteiger partial charge in [0.15, 0.2) is 5.78 Å². The first-order chi connectivity index (χ1) is 11.3. The lowest BCUT2D eigenvalue weighted by Gasteiger charge is -2.38. The Hall–Kier alpha value is -1.86. The number of fused-ring (bicyclic) bond motifs is 1. The molecule has 1 aromatic rings. The lowest BCUT2D eigenvalue weighted by molar-refractivity contribution is -0.116. The number of benzene rings is 1. The van der Waals surface area contributed by atoms with Gasteiger partial charge in [-0.1, -0.05) is 12.1 Å². The van der Waals surface area contributed by atoms with Crippen LogP contribution in [0.3, 0.4) is 0 Å². The number of aliphatic imine (C=N–C) groups is 1. The summed E-state index contributed by atoms with van der Waals surface area (Å²) in [5, 5.41) is 9.48. The first-order valence-corrected chi connectivity index (χ1v) is 9.28. The lowest BCUT2D eigenvalue weighted by atomic mass is 9.76. The predicted octanol–water partition coefficient (Wildman–Crippen LogP) is 4.00. The van der Waals surface area contributed by atoms with E-state index in [-0.39, 0.29) is 17.0 Å². The van der Waals surface area contributed by atoms with Crippen LogP contribution in [0.25, 0.3) is 0 Å². The van der Waals surface area contributed by atoms with E-state index in [1.54, 1.807) is 0 Å². The first-order valence-electron chi connectivity index (χ1n) is 8.23. The molecule has 1 fully saturated rings. The molecule has 0 radical (unpaired) electrons. The van der Waals surface area contributed by atoms with E-state index in [0.717, 1.165) is 41.8 Å². The van der Waals surface area contributed by atoms with Crippen LogP contribution in [0, 0.1) is 11.3 Å². The highest BCUT2D eigenvalue weighted by molar-refractivity contribution is 8.00. The summed E-state index contributed by atoms with van der Waals surface area (Å²) in [6, 6.07) is 10.0. The van der Waals surface area contributed by atoms with Crippen molar-refractivity contribution in [2.75, 3.05) is 5.75 Å². The van der Waals surface area contributed by atoms with Crippen molar-refractivity contribution in [2.24, 2.45) is 4.99 Å². The maximum Gasteiger partial charge on any atom is 0.161 e. The maximum absolute atomic E-state index is 12.6. The molecule has 1 saturated heterocycles. The van der Waals surface area contributed by atoms with Crippen LogP contribution in [0.1, 0.15) is 49.1 Å². The number of rotatable bonds is 1. The average Bonchev–Trinajstić information content (AvgIpc) is 2.60. The van der Waals surface area contributed by atoms with Crippen LogP contribution < -0.4 is 0 Å². The van der Waals surface area contributed by atoms with Gasteiger partial charge in [-0.05, 0) is 49.1 Å². The Morgan fingerprint density at radius 2 is 2.13 bits per heavy atom. The number of hydrogen-bond donors (Lipinski definition) is 0. The second-order valence-corrected chi connectivity index (χ2v) is 7.60. The zero-order chi connectivity index (χ0) is 15.8. The Morgan fingerprint density at radius 3 is 3.00 bits per heavy atom. The van der Waals surface area contributed by atoms with E-state index in [1.165, 1.54) is 12.1 Å². The molecule has 4 heteroatoms. The van der Waals surface area contributed by atoms with Gasteiger partial charge in [0.25, 0.3) is 0 Å². The standard InChI is InChI=1S/C19H18N2OS/c20-11-12-4-1-5-13(10-12)17-18-14(6-2-8-16(18)22)21-15-7-3-9-23-19(15)17/h1,4-5,10,17,19H,2-3,6-9H2. The summed E-state index contributed by atoms with van der Waals surface area (Å²) in [5.74, 6) is 1.45. The molecular formula is C19H18N2OS. The van der Waals surface area contributed by atoms with Gasteiger partial charge in [0, 0.05) is 29.3 Å². The zero-order valence-corrected chi connectivity index (χ0v) is 13.7. The minimum atomic E-state index is 0.0731. The highest BCUT2D eigenvalue weighted by atomic mass is 32.2. The van der Waals surface area contributed by atoms with Gasteiger partial charge < -0.3 is 0 Å². The van der Waals surface area contributed by atoms with Crippen molar-refractivity contribution in [1.82, 2.24) is 0 Å². The smallest absolute Gasteiger partial charge is 0.161 e. The second kappa shape index (κ2) is 5.98. The molecular weight excluding hydrogens is 304 g/mol. The topological polar surface area (TPSA) is 53.2 Å². The van der Waals surface area contributed by atoms with Crippen LogP contribution in [-0.2, 0) is 4.79 Å². The molecule has 2 atom stereocenters. The molecule has 0 saturated carbocycles. The van der Waals surface area contributed by atoms with Crippen molar-refractivity contribution in [3.63, 3.8) is 0 Å². The SMILES string of the molecule is N#Cc1cccc(C2C3=C(CCCC3=O)N=C3CCCSC32)c1. The van der Waals surface area contributed by atoms with Gasteiger partial charge in [-0.25, -0.2) is 0 Å². The first kappa shape index (κ1) is 14.7. The summed E-state index contributed by atoms with van der Waals surface area (Å²) >= 11 is 1.92. The number of nitrogens with zero attached hydrogens (tertiary/aromatic N) is 2. The molecule has 0 aromatic heterocycles. The van der Waals surface area contributed by atoms with Gasteiger partial charge in [0.2, 0.25) is 0 Å². The second-order valence-electron chi connectivity index (χ2n) is 6.35. The monoisotopic (exact) mass is 322 g/mol. The van der Waals surface area contributed by atoms with E-state index < -0.39 is 0 Å². The summed E-state index contributed by atoms with van der Waals surface area (Å²) < 4.78 is 0. The number of allylic oxidation sites excluding steroid dienone is 2. The van der Waals surface area contributed by atoms with Crippen molar-refractivity contribution >= 4 is 23.3 Å². The number of carbonyl (C=O) groups is 1. The minimum Gasteiger partial charge on any atom is -0.294 e. The van der Waals surface area contributed by atoms with Crippen molar-refractivity contribution in [3.05, 3.63) is 46.7 Å². The van der Waals surface area contributed by atoms with E-state index in [9.17, 15) is 10.1 Å². The Morgan fingerprint density at radius 1 is 1.22 bits per heavy atom. The quantitative estimate of drug-likeness (QED) is 0.785. The van der Waals surface area contributed by atoms with Gasteiger partial charge in [0.1, 0.15) is 0 Å². The molecule has 116 valence electrons. The fraction of sp³-hybridized carbons (Fsp3) is 0.421. The number of hydrogen-bond acceptors (Lipinski definition) is 4. The predicted molar refractivity (Wildman–Crippen MR) is 92.7 cm³/mol.